The van der Waals surface area contributed by atoms with Gasteiger partial charge in [0.15, 0.2) is 0 Å². The molecule has 0 aliphatic carbocycles. The molecular formula is C8H12N4. The lowest BCUT2D eigenvalue weighted by Crippen LogP contribution is -2.19. The molecule has 0 N–H and O–H groups in total. The standard InChI is InChI=1S/C8H12N4/c1-6(2)7-3-4-9-8-10-5-11-12(7)8/h4-7H,3H2,1-2H3. The molecule has 1 aliphatic rings. The van der Waals surface area contributed by atoms with E-state index >= 15 is 0 Å². The van der Waals surface area contributed by atoms with Gasteiger partial charge in [-0.25, -0.2) is 9.67 Å². The van der Waals surface area contributed by atoms with E-state index < -0.39 is 0 Å². The van der Waals surface area contributed by atoms with Crippen LogP contribution < -0.4 is 0 Å². The first-order valence-electron chi connectivity index (χ1n) is 4.21. The molecule has 0 amide bonds. The summed E-state index contributed by atoms with van der Waals surface area (Å²) in [6.07, 6.45) is 4.45. The maximum absolute atomic E-state index is 4.15. The van der Waals surface area contributed by atoms with Gasteiger partial charge in [0.1, 0.15) is 6.33 Å². The fraction of sp³-hybridized carbons (Fsp3) is 0.625. The van der Waals surface area contributed by atoms with E-state index in [2.05, 4.69) is 28.9 Å². The average molecular weight is 164 g/mol. The van der Waals surface area contributed by atoms with Crippen LogP contribution in [0.3, 0.4) is 0 Å². The first kappa shape index (κ1) is 7.46. The van der Waals surface area contributed by atoms with E-state index in [4.69, 9.17) is 0 Å². The second-order valence-corrected chi connectivity index (χ2v) is 3.36. The number of rotatable bonds is 1. The van der Waals surface area contributed by atoms with Gasteiger partial charge in [-0.2, -0.15) is 10.1 Å². The molecule has 12 heavy (non-hydrogen) atoms. The van der Waals surface area contributed by atoms with Gasteiger partial charge >= 0.3 is 0 Å². The van der Waals surface area contributed by atoms with Crippen LogP contribution in [-0.4, -0.2) is 21.0 Å². The van der Waals surface area contributed by atoms with Crippen LogP contribution in [0.4, 0.5) is 5.95 Å². The molecule has 1 unspecified atom stereocenters. The molecule has 0 bridgehead atoms. The number of hydrogen-bond acceptors (Lipinski definition) is 3. The average Bonchev–Trinajstić information content (AvgIpc) is 2.49. The third-order valence-corrected chi connectivity index (χ3v) is 2.19. The first-order valence-corrected chi connectivity index (χ1v) is 4.21. The van der Waals surface area contributed by atoms with Gasteiger partial charge in [0.05, 0.1) is 6.04 Å². The lowest BCUT2D eigenvalue weighted by molar-refractivity contribution is 0.355. The van der Waals surface area contributed by atoms with Gasteiger partial charge in [-0.05, 0) is 5.92 Å². The van der Waals surface area contributed by atoms with Crippen molar-refractivity contribution in [1.29, 1.82) is 0 Å². The Bertz CT molecular complexity index is 300. The van der Waals surface area contributed by atoms with E-state index in [1.807, 2.05) is 10.9 Å². The molecule has 0 spiro atoms. The zero-order chi connectivity index (χ0) is 8.55. The molecule has 4 nitrogen and oxygen atoms in total. The van der Waals surface area contributed by atoms with Crippen molar-refractivity contribution < 1.29 is 0 Å². The van der Waals surface area contributed by atoms with Crippen LogP contribution >= 0.6 is 0 Å². The van der Waals surface area contributed by atoms with E-state index in [0.717, 1.165) is 12.4 Å². The van der Waals surface area contributed by atoms with Crippen LogP contribution in [-0.2, 0) is 0 Å². The molecule has 0 fully saturated rings. The van der Waals surface area contributed by atoms with E-state index in [-0.39, 0.29) is 0 Å². The van der Waals surface area contributed by atoms with Crippen LogP contribution in [0.15, 0.2) is 11.3 Å². The maximum atomic E-state index is 4.15. The monoisotopic (exact) mass is 164 g/mol. The fourth-order valence-electron chi connectivity index (χ4n) is 1.47. The number of aliphatic imine (C=N–C) groups is 1. The van der Waals surface area contributed by atoms with Gasteiger partial charge in [-0.15, -0.1) is 0 Å². The molecule has 2 rings (SSSR count). The number of hydrogen-bond donors (Lipinski definition) is 0. The third kappa shape index (κ3) is 1.03. The Hall–Kier alpha value is -1.19. The fourth-order valence-corrected chi connectivity index (χ4v) is 1.47. The summed E-state index contributed by atoms with van der Waals surface area (Å²) in [5.41, 5.74) is 0. The van der Waals surface area contributed by atoms with Gasteiger partial charge in [0.2, 0.25) is 5.95 Å². The van der Waals surface area contributed by atoms with Crippen molar-refractivity contribution in [1.82, 2.24) is 14.8 Å². The highest BCUT2D eigenvalue weighted by molar-refractivity contribution is 5.63. The summed E-state index contributed by atoms with van der Waals surface area (Å²) in [4.78, 5) is 8.19. The summed E-state index contributed by atoms with van der Waals surface area (Å²) in [5, 5.41) is 4.15. The Morgan fingerprint density at radius 1 is 1.58 bits per heavy atom. The maximum Gasteiger partial charge on any atom is 0.247 e. The van der Waals surface area contributed by atoms with E-state index in [9.17, 15) is 0 Å². The van der Waals surface area contributed by atoms with Crippen molar-refractivity contribution in [3.8, 4) is 0 Å². The Kier molecular flexibility index (Phi) is 1.67. The Morgan fingerprint density at radius 3 is 3.17 bits per heavy atom. The molecule has 1 aliphatic heterocycles. The van der Waals surface area contributed by atoms with E-state index in [1.54, 1.807) is 6.33 Å². The summed E-state index contributed by atoms with van der Waals surface area (Å²) in [6, 6.07) is 0.431. The van der Waals surface area contributed by atoms with Crippen molar-refractivity contribution in [3.63, 3.8) is 0 Å². The summed E-state index contributed by atoms with van der Waals surface area (Å²) in [5.74, 6) is 1.32. The predicted octanol–water partition coefficient (Wildman–Crippen LogP) is 1.58. The van der Waals surface area contributed by atoms with Gasteiger partial charge in [0.25, 0.3) is 0 Å². The Labute approximate surface area is 71.3 Å². The predicted molar refractivity (Wildman–Crippen MR) is 46.7 cm³/mol. The SMILES string of the molecule is CC(C)C1CC=Nc2ncnn21. The van der Waals surface area contributed by atoms with Crippen LogP contribution in [0, 0.1) is 5.92 Å². The topological polar surface area (TPSA) is 43.1 Å². The summed E-state index contributed by atoms with van der Waals surface area (Å²) >= 11 is 0. The molecule has 0 aromatic carbocycles. The van der Waals surface area contributed by atoms with Gasteiger partial charge in [0, 0.05) is 12.6 Å². The molecule has 0 radical (unpaired) electrons. The minimum atomic E-state index is 0.431. The molecule has 1 aromatic heterocycles. The summed E-state index contributed by atoms with van der Waals surface area (Å²) in [6.45, 7) is 4.38. The first-order chi connectivity index (χ1) is 5.79. The Morgan fingerprint density at radius 2 is 2.42 bits per heavy atom. The zero-order valence-electron chi connectivity index (χ0n) is 7.31. The summed E-state index contributed by atoms with van der Waals surface area (Å²) in [7, 11) is 0. The second-order valence-electron chi connectivity index (χ2n) is 3.36. The number of fused-ring (bicyclic) bond motifs is 1. The highest BCUT2D eigenvalue weighted by atomic mass is 15.4. The smallest absolute Gasteiger partial charge is 0.226 e. The Balaban J connectivity index is 2.38. The quantitative estimate of drug-likeness (QED) is 0.632. The molecule has 64 valence electrons. The van der Waals surface area contributed by atoms with Gasteiger partial charge in [-0.1, -0.05) is 13.8 Å². The van der Waals surface area contributed by atoms with Crippen LogP contribution in [0.5, 0.6) is 0 Å². The summed E-state index contributed by atoms with van der Waals surface area (Å²) < 4.78 is 1.91. The van der Waals surface area contributed by atoms with Crippen molar-refractivity contribution in [2.24, 2.45) is 10.9 Å². The lowest BCUT2D eigenvalue weighted by Gasteiger charge is -2.22. The van der Waals surface area contributed by atoms with Crippen molar-refractivity contribution in [2.75, 3.05) is 0 Å². The molecule has 1 atom stereocenters. The highest BCUT2D eigenvalue weighted by Crippen LogP contribution is 2.27. The molecule has 0 saturated carbocycles. The lowest BCUT2D eigenvalue weighted by atomic mass is 10.0. The molecule has 2 heterocycles. The number of nitrogens with zero attached hydrogens (tertiary/aromatic N) is 4. The van der Waals surface area contributed by atoms with Crippen LogP contribution in [0.25, 0.3) is 0 Å². The van der Waals surface area contributed by atoms with Crippen LogP contribution in [0.2, 0.25) is 0 Å². The number of aromatic nitrogens is 3. The third-order valence-electron chi connectivity index (χ3n) is 2.19. The van der Waals surface area contributed by atoms with Crippen LogP contribution in [0.1, 0.15) is 26.3 Å². The van der Waals surface area contributed by atoms with Gasteiger partial charge in [-0.3, -0.25) is 0 Å². The van der Waals surface area contributed by atoms with E-state index in [1.165, 1.54) is 0 Å². The normalized spacial score (nSPS) is 21.4. The van der Waals surface area contributed by atoms with Crippen molar-refractivity contribution in [2.45, 2.75) is 26.3 Å². The second kappa shape index (κ2) is 2.69. The molecule has 4 heteroatoms. The minimum absolute atomic E-state index is 0.431. The largest absolute Gasteiger partial charge is 0.247 e. The van der Waals surface area contributed by atoms with Crippen molar-refractivity contribution >= 4 is 12.2 Å². The van der Waals surface area contributed by atoms with E-state index in [0.29, 0.717) is 12.0 Å². The zero-order valence-corrected chi connectivity index (χ0v) is 7.31. The minimum Gasteiger partial charge on any atom is -0.226 e. The molecule has 0 saturated heterocycles. The van der Waals surface area contributed by atoms with Crippen molar-refractivity contribution in [3.05, 3.63) is 6.33 Å². The highest BCUT2D eigenvalue weighted by Gasteiger charge is 2.21. The molecular weight excluding hydrogens is 152 g/mol. The van der Waals surface area contributed by atoms with Gasteiger partial charge < -0.3 is 0 Å². The molecule has 1 aromatic rings.